The summed E-state index contributed by atoms with van der Waals surface area (Å²) in [6.07, 6.45) is 3.92. The Morgan fingerprint density at radius 2 is 2.05 bits per heavy atom. The third-order valence-corrected chi connectivity index (χ3v) is 4.85. The Kier molecular flexibility index (Phi) is 6.44. The first-order valence-electron chi connectivity index (χ1n) is 6.91. The minimum atomic E-state index is -3.70. The summed E-state index contributed by atoms with van der Waals surface area (Å²) in [4.78, 5) is 0.0236. The molecule has 0 saturated carbocycles. The van der Waals surface area contributed by atoms with Gasteiger partial charge in [0, 0.05) is 25.8 Å². The van der Waals surface area contributed by atoms with Crippen molar-refractivity contribution in [2.75, 3.05) is 25.4 Å². The molecule has 3 N–H and O–H groups in total. The van der Waals surface area contributed by atoms with Crippen molar-refractivity contribution in [1.82, 2.24) is 14.1 Å². The van der Waals surface area contributed by atoms with Gasteiger partial charge in [-0.1, -0.05) is 20.3 Å². The summed E-state index contributed by atoms with van der Waals surface area (Å²) in [5.41, 5.74) is 5.72. The van der Waals surface area contributed by atoms with E-state index >= 15 is 0 Å². The fraction of sp³-hybridized carbons (Fsp3) is 0.750. The number of nitrogens with two attached hydrogens (primary N) is 1. The molecule has 0 fully saturated rings. The van der Waals surface area contributed by atoms with E-state index in [1.807, 2.05) is 13.8 Å². The number of nitrogens with zero attached hydrogens (tertiary/aromatic N) is 3. The summed E-state index contributed by atoms with van der Waals surface area (Å²) in [6, 6.07) is 0. The lowest BCUT2D eigenvalue weighted by Crippen LogP contribution is -2.34. The van der Waals surface area contributed by atoms with E-state index in [4.69, 9.17) is 10.8 Å². The zero-order valence-electron chi connectivity index (χ0n) is 12.1. The molecule has 116 valence electrons. The van der Waals surface area contributed by atoms with Crippen LogP contribution in [0.1, 0.15) is 33.1 Å². The Morgan fingerprint density at radius 3 is 2.60 bits per heavy atom. The molecule has 8 heteroatoms. The van der Waals surface area contributed by atoms with Crippen molar-refractivity contribution in [1.29, 1.82) is 0 Å². The smallest absolute Gasteiger partial charge is 0.248 e. The van der Waals surface area contributed by atoms with Gasteiger partial charge in [-0.2, -0.15) is 9.40 Å². The highest BCUT2D eigenvalue weighted by molar-refractivity contribution is 7.89. The van der Waals surface area contributed by atoms with Crippen LogP contribution in [0.15, 0.2) is 11.1 Å². The maximum Gasteiger partial charge on any atom is 0.248 e. The summed E-state index contributed by atoms with van der Waals surface area (Å²) in [5.74, 6) is 0.0119. The second-order valence-corrected chi connectivity index (χ2v) is 6.53. The minimum absolute atomic E-state index is 0.0119. The number of aliphatic hydroxyl groups excluding tert-OH is 1. The second-order valence-electron chi connectivity index (χ2n) is 4.62. The van der Waals surface area contributed by atoms with Gasteiger partial charge in [-0.25, -0.2) is 8.42 Å². The maximum atomic E-state index is 12.5. The van der Waals surface area contributed by atoms with Crippen LogP contribution in [-0.4, -0.2) is 47.3 Å². The lowest BCUT2D eigenvalue weighted by atomic mass is 10.3. The van der Waals surface area contributed by atoms with Crippen molar-refractivity contribution in [2.24, 2.45) is 0 Å². The molecule has 1 rings (SSSR count). The molecule has 0 unspecified atom stereocenters. The van der Waals surface area contributed by atoms with Crippen molar-refractivity contribution in [2.45, 2.75) is 44.6 Å². The monoisotopic (exact) mass is 304 g/mol. The predicted molar refractivity (Wildman–Crippen MR) is 77.7 cm³/mol. The van der Waals surface area contributed by atoms with Gasteiger partial charge in [0.1, 0.15) is 4.90 Å². The number of hydrogen-bond donors (Lipinski definition) is 2. The quantitative estimate of drug-likeness (QED) is 0.698. The van der Waals surface area contributed by atoms with Gasteiger partial charge in [0.2, 0.25) is 10.0 Å². The van der Waals surface area contributed by atoms with Gasteiger partial charge < -0.3 is 10.8 Å². The highest BCUT2D eigenvalue weighted by atomic mass is 32.2. The van der Waals surface area contributed by atoms with Crippen LogP contribution in [0.3, 0.4) is 0 Å². The van der Waals surface area contributed by atoms with Crippen LogP contribution in [0.5, 0.6) is 0 Å². The normalized spacial score (nSPS) is 12.2. The Hall–Kier alpha value is -1.12. The number of rotatable bonds is 9. The highest BCUT2D eigenvalue weighted by Gasteiger charge is 2.28. The van der Waals surface area contributed by atoms with E-state index in [1.165, 1.54) is 10.5 Å². The fourth-order valence-electron chi connectivity index (χ4n) is 1.90. The topological polar surface area (TPSA) is 101 Å². The van der Waals surface area contributed by atoms with Crippen LogP contribution in [0.4, 0.5) is 5.82 Å². The molecule has 0 aliphatic rings. The third-order valence-electron chi connectivity index (χ3n) is 2.94. The summed E-state index contributed by atoms with van der Waals surface area (Å²) in [7, 11) is -3.70. The predicted octanol–water partition coefficient (Wildman–Crippen LogP) is 0.658. The minimum Gasteiger partial charge on any atom is -0.395 e. The molecule has 1 aromatic rings. The van der Waals surface area contributed by atoms with Crippen LogP contribution in [0, 0.1) is 0 Å². The lowest BCUT2D eigenvalue weighted by Gasteiger charge is -2.20. The molecule has 1 aromatic heterocycles. The number of aromatic nitrogens is 2. The second kappa shape index (κ2) is 7.61. The number of nitrogen functional groups attached to an aromatic ring is 1. The Balaban J connectivity index is 3.05. The Bertz CT molecular complexity index is 513. The van der Waals surface area contributed by atoms with Crippen LogP contribution in [0.2, 0.25) is 0 Å². The molecule has 20 heavy (non-hydrogen) atoms. The third kappa shape index (κ3) is 3.94. The number of anilines is 1. The summed E-state index contributed by atoms with van der Waals surface area (Å²) < 4.78 is 27.9. The first kappa shape index (κ1) is 16.9. The Labute approximate surface area is 120 Å². The van der Waals surface area contributed by atoms with Gasteiger partial charge in [-0.05, 0) is 12.8 Å². The van der Waals surface area contributed by atoms with Gasteiger partial charge in [-0.3, -0.25) is 4.68 Å². The highest BCUT2D eigenvalue weighted by Crippen LogP contribution is 2.21. The maximum absolute atomic E-state index is 12.5. The average Bonchev–Trinajstić information content (AvgIpc) is 2.76. The number of hydrogen-bond acceptors (Lipinski definition) is 5. The molecular formula is C12H24N4O3S. The summed E-state index contributed by atoms with van der Waals surface area (Å²) in [6.45, 7) is 4.81. The summed E-state index contributed by atoms with van der Waals surface area (Å²) in [5, 5.41) is 13.1. The van der Waals surface area contributed by atoms with Crippen molar-refractivity contribution < 1.29 is 13.5 Å². The molecule has 0 aromatic carbocycles. The molecule has 0 aliphatic carbocycles. The molecule has 0 spiro atoms. The van der Waals surface area contributed by atoms with Gasteiger partial charge >= 0.3 is 0 Å². The SMILES string of the molecule is CCCCN(CCO)S(=O)(=O)c1cn(CCC)nc1N. The van der Waals surface area contributed by atoms with E-state index in [2.05, 4.69) is 5.10 Å². The number of aliphatic hydroxyl groups is 1. The van der Waals surface area contributed by atoms with E-state index in [-0.39, 0.29) is 23.9 Å². The molecule has 0 saturated heterocycles. The molecule has 0 atom stereocenters. The molecule has 0 amide bonds. The van der Waals surface area contributed by atoms with Crippen molar-refractivity contribution in [3.8, 4) is 0 Å². The molecule has 0 radical (unpaired) electrons. The van der Waals surface area contributed by atoms with Gasteiger partial charge in [0.05, 0.1) is 6.61 Å². The van der Waals surface area contributed by atoms with Crippen LogP contribution in [0.25, 0.3) is 0 Å². The first-order chi connectivity index (χ1) is 9.47. The van der Waals surface area contributed by atoms with Crippen LogP contribution < -0.4 is 5.73 Å². The van der Waals surface area contributed by atoms with Gasteiger partial charge in [-0.15, -0.1) is 0 Å². The van der Waals surface area contributed by atoms with E-state index in [1.54, 1.807) is 4.68 Å². The van der Waals surface area contributed by atoms with E-state index < -0.39 is 10.0 Å². The molecule has 0 bridgehead atoms. The van der Waals surface area contributed by atoms with Crippen molar-refractivity contribution in [3.63, 3.8) is 0 Å². The van der Waals surface area contributed by atoms with E-state index in [0.29, 0.717) is 13.1 Å². The first-order valence-corrected chi connectivity index (χ1v) is 8.35. The van der Waals surface area contributed by atoms with E-state index in [9.17, 15) is 8.42 Å². The zero-order chi connectivity index (χ0) is 15.2. The molecule has 0 aliphatic heterocycles. The van der Waals surface area contributed by atoms with Gasteiger partial charge in [0.15, 0.2) is 5.82 Å². The van der Waals surface area contributed by atoms with Crippen LogP contribution >= 0.6 is 0 Å². The number of aryl methyl sites for hydroxylation is 1. The number of unbranched alkanes of at least 4 members (excludes halogenated alkanes) is 1. The number of sulfonamides is 1. The zero-order valence-corrected chi connectivity index (χ0v) is 12.9. The summed E-state index contributed by atoms with van der Waals surface area (Å²) >= 11 is 0. The van der Waals surface area contributed by atoms with Crippen LogP contribution in [-0.2, 0) is 16.6 Å². The van der Waals surface area contributed by atoms with E-state index in [0.717, 1.165) is 19.3 Å². The van der Waals surface area contributed by atoms with Gasteiger partial charge in [0.25, 0.3) is 0 Å². The molecular weight excluding hydrogens is 280 g/mol. The molecule has 1 heterocycles. The molecule has 7 nitrogen and oxygen atoms in total. The average molecular weight is 304 g/mol. The lowest BCUT2D eigenvalue weighted by molar-refractivity contribution is 0.252. The Morgan fingerprint density at radius 1 is 1.35 bits per heavy atom. The largest absolute Gasteiger partial charge is 0.395 e. The van der Waals surface area contributed by atoms with Crippen molar-refractivity contribution in [3.05, 3.63) is 6.20 Å². The fourth-order valence-corrected chi connectivity index (χ4v) is 3.43. The standard InChI is InChI=1S/C12H24N4O3S/c1-3-5-7-16(8-9-17)20(18,19)11-10-15(6-4-2)14-12(11)13/h10,17H,3-9H2,1-2H3,(H2,13,14). The van der Waals surface area contributed by atoms with Crippen molar-refractivity contribution >= 4 is 15.8 Å².